The molecule has 2 fully saturated rings. The van der Waals surface area contributed by atoms with E-state index in [9.17, 15) is 0 Å². The molecule has 164 valence electrons. The van der Waals surface area contributed by atoms with Crippen LogP contribution in [0.25, 0.3) is 0 Å². The minimum absolute atomic E-state index is 0. The van der Waals surface area contributed by atoms with E-state index in [2.05, 4.69) is 78.7 Å². The van der Waals surface area contributed by atoms with Gasteiger partial charge in [0.1, 0.15) is 5.82 Å². The lowest BCUT2D eigenvalue weighted by atomic mass is 9.65. The van der Waals surface area contributed by atoms with Crippen molar-refractivity contribution in [1.82, 2.24) is 20.1 Å². The van der Waals surface area contributed by atoms with Crippen molar-refractivity contribution in [3.8, 4) is 0 Å². The summed E-state index contributed by atoms with van der Waals surface area (Å²) in [6, 6.07) is 4.30. The zero-order valence-electron chi connectivity index (χ0n) is 19.0. The van der Waals surface area contributed by atoms with E-state index in [1.807, 2.05) is 6.20 Å². The number of hydrogen-bond donors (Lipinski definition) is 1. The first kappa shape index (κ1) is 24.2. The van der Waals surface area contributed by atoms with Gasteiger partial charge < -0.3 is 20.0 Å². The molecule has 29 heavy (non-hydrogen) atoms. The SMILES string of the molecule is CCNC(=NCc1ccnc(N2CCN(CC)CC2)c1)N1CC(C)(C)C1(C)C.I. The number of rotatable bonds is 5. The van der Waals surface area contributed by atoms with Gasteiger partial charge in [0.25, 0.3) is 0 Å². The summed E-state index contributed by atoms with van der Waals surface area (Å²) >= 11 is 0. The van der Waals surface area contributed by atoms with Gasteiger partial charge in [-0.05, 0) is 45.0 Å². The molecule has 3 rings (SSSR count). The molecule has 0 atom stereocenters. The van der Waals surface area contributed by atoms with E-state index in [0.29, 0.717) is 12.0 Å². The monoisotopic (exact) mass is 514 g/mol. The van der Waals surface area contributed by atoms with Gasteiger partial charge >= 0.3 is 0 Å². The number of aliphatic imine (C=N–C) groups is 1. The zero-order valence-corrected chi connectivity index (χ0v) is 21.4. The number of anilines is 1. The lowest BCUT2D eigenvalue weighted by Crippen LogP contribution is -2.72. The van der Waals surface area contributed by atoms with Crippen LogP contribution < -0.4 is 10.2 Å². The maximum absolute atomic E-state index is 4.96. The van der Waals surface area contributed by atoms with Gasteiger partial charge in [-0.25, -0.2) is 9.98 Å². The van der Waals surface area contributed by atoms with E-state index in [0.717, 1.165) is 57.6 Å². The van der Waals surface area contributed by atoms with E-state index in [1.54, 1.807) is 0 Å². The van der Waals surface area contributed by atoms with Crippen LogP contribution in [0.1, 0.15) is 47.1 Å². The number of halogens is 1. The molecule has 2 aliphatic rings. The number of guanidine groups is 1. The van der Waals surface area contributed by atoms with Crippen molar-refractivity contribution in [2.24, 2.45) is 10.4 Å². The molecule has 2 saturated heterocycles. The lowest BCUT2D eigenvalue weighted by molar-refractivity contribution is -0.0667. The molecular weight excluding hydrogens is 475 g/mol. The van der Waals surface area contributed by atoms with Gasteiger partial charge in [-0.3, -0.25) is 0 Å². The van der Waals surface area contributed by atoms with E-state index < -0.39 is 0 Å². The first-order valence-electron chi connectivity index (χ1n) is 10.8. The molecule has 7 heteroatoms. The fraction of sp³-hybridized carbons (Fsp3) is 0.727. The second kappa shape index (κ2) is 9.81. The lowest BCUT2D eigenvalue weighted by Gasteiger charge is -2.62. The average molecular weight is 515 g/mol. The third kappa shape index (κ3) is 5.16. The first-order chi connectivity index (χ1) is 13.3. The molecule has 0 amide bonds. The predicted octanol–water partition coefficient (Wildman–Crippen LogP) is 3.43. The zero-order chi connectivity index (χ0) is 20.4. The Kier molecular flexibility index (Phi) is 8.18. The van der Waals surface area contributed by atoms with Crippen molar-refractivity contribution in [3.63, 3.8) is 0 Å². The van der Waals surface area contributed by atoms with Gasteiger partial charge in [0.05, 0.1) is 6.54 Å². The van der Waals surface area contributed by atoms with Gasteiger partial charge in [0, 0.05) is 56.4 Å². The van der Waals surface area contributed by atoms with E-state index in [-0.39, 0.29) is 29.5 Å². The standard InChI is InChI=1S/C22H38N6.HI/c1-7-23-20(28-17-21(3,4)22(28,5)6)25-16-18-9-10-24-19(15-18)27-13-11-26(8-2)12-14-27;/h9-10,15H,7-8,11-14,16-17H2,1-6H3,(H,23,25);1H. The van der Waals surface area contributed by atoms with Crippen molar-refractivity contribution < 1.29 is 0 Å². The number of hydrogen-bond acceptors (Lipinski definition) is 4. The van der Waals surface area contributed by atoms with Gasteiger partial charge in [-0.15, -0.1) is 24.0 Å². The van der Waals surface area contributed by atoms with Gasteiger partial charge in [-0.2, -0.15) is 0 Å². The Morgan fingerprint density at radius 1 is 1.14 bits per heavy atom. The van der Waals surface area contributed by atoms with E-state index in [4.69, 9.17) is 4.99 Å². The number of nitrogens with one attached hydrogen (secondary N) is 1. The Bertz CT molecular complexity index is 694. The smallest absolute Gasteiger partial charge is 0.194 e. The van der Waals surface area contributed by atoms with Crippen LogP contribution in [0.15, 0.2) is 23.3 Å². The Hall–Kier alpha value is -1.09. The summed E-state index contributed by atoms with van der Waals surface area (Å²) in [6.07, 6.45) is 1.93. The number of pyridine rings is 1. The molecular formula is C22H39IN6. The van der Waals surface area contributed by atoms with Gasteiger partial charge in [-0.1, -0.05) is 20.8 Å². The Balaban J connectivity index is 0.00000300. The number of nitrogens with zero attached hydrogens (tertiary/aromatic N) is 5. The first-order valence-corrected chi connectivity index (χ1v) is 10.8. The second-order valence-electron chi connectivity index (χ2n) is 9.14. The highest BCUT2D eigenvalue weighted by Crippen LogP contribution is 2.46. The van der Waals surface area contributed by atoms with Crippen LogP contribution in [0.5, 0.6) is 0 Å². The number of piperazine rings is 1. The maximum atomic E-state index is 4.96. The minimum Gasteiger partial charge on any atom is -0.356 e. The summed E-state index contributed by atoms with van der Waals surface area (Å²) in [4.78, 5) is 16.9. The van der Waals surface area contributed by atoms with Gasteiger partial charge in [0.15, 0.2) is 5.96 Å². The highest BCUT2D eigenvalue weighted by molar-refractivity contribution is 14.0. The highest BCUT2D eigenvalue weighted by Gasteiger charge is 2.53. The van der Waals surface area contributed by atoms with Crippen molar-refractivity contribution >= 4 is 35.8 Å². The molecule has 3 heterocycles. The Morgan fingerprint density at radius 2 is 1.83 bits per heavy atom. The second-order valence-corrected chi connectivity index (χ2v) is 9.14. The van der Waals surface area contributed by atoms with Crippen LogP contribution >= 0.6 is 24.0 Å². The molecule has 0 bridgehead atoms. The third-order valence-corrected chi connectivity index (χ3v) is 6.84. The molecule has 1 N–H and O–H groups in total. The fourth-order valence-corrected chi connectivity index (χ4v) is 3.99. The summed E-state index contributed by atoms with van der Waals surface area (Å²) in [5.74, 6) is 2.10. The van der Waals surface area contributed by atoms with Crippen LogP contribution in [0.2, 0.25) is 0 Å². The molecule has 0 saturated carbocycles. The van der Waals surface area contributed by atoms with E-state index in [1.165, 1.54) is 5.56 Å². The van der Waals surface area contributed by atoms with Crippen LogP contribution in [-0.2, 0) is 6.54 Å². The van der Waals surface area contributed by atoms with Crippen LogP contribution in [-0.4, -0.2) is 72.1 Å². The topological polar surface area (TPSA) is 47.0 Å². The number of likely N-dealkylation sites (N-methyl/N-ethyl adjacent to an activating group) is 1. The molecule has 1 aromatic heterocycles. The minimum atomic E-state index is 0. The summed E-state index contributed by atoms with van der Waals surface area (Å²) in [7, 11) is 0. The molecule has 0 unspecified atom stereocenters. The molecule has 6 nitrogen and oxygen atoms in total. The van der Waals surface area contributed by atoms with Crippen molar-refractivity contribution in [2.75, 3.05) is 50.7 Å². The number of aromatic nitrogens is 1. The molecule has 2 aliphatic heterocycles. The largest absolute Gasteiger partial charge is 0.356 e. The summed E-state index contributed by atoms with van der Waals surface area (Å²) in [5, 5.41) is 3.48. The molecule has 1 aromatic rings. The Morgan fingerprint density at radius 3 is 2.38 bits per heavy atom. The van der Waals surface area contributed by atoms with Crippen LogP contribution in [0.3, 0.4) is 0 Å². The average Bonchev–Trinajstić information content (AvgIpc) is 2.70. The predicted molar refractivity (Wildman–Crippen MR) is 133 cm³/mol. The normalized spacial score (nSPS) is 21.4. The van der Waals surface area contributed by atoms with Crippen molar-refractivity contribution in [1.29, 1.82) is 0 Å². The third-order valence-electron chi connectivity index (χ3n) is 6.84. The van der Waals surface area contributed by atoms with Crippen LogP contribution in [0.4, 0.5) is 5.82 Å². The number of likely N-dealkylation sites (tertiary alicyclic amines) is 1. The van der Waals surface area contributed by atoms with Crippen molar-refractivity contribution in [2.45, 2.75) is 53.6 Å². The highest BCUT2D eigenvalue weighted by atomic mass is 127. The summed E-state index contributed by atoms with van der Waals surface area (Å²) < 4.78 is 0. The quantitative estimate of drug-likeness (QED) is 0.371. The summed E-state index contributed by atoms with van der Waals surface area (Å²) in [5.41, 5.74) is 1.63. The van der Waals surface area contributed by atoms with Crippen molar-refractivity contribution in [3.05, 3.63) is 23.9 Å². The maximum Gasteiger partial charge on any atom is 0.194 e. The van der Waals surface area contributed by atoms with Crippen LogP contribution in [0, 0.1) is 5.41 Å². The molecule has 0 aromatic carbocycles. The fourth-order valence-electron chi connectivity index (χ4n) is 3.99. The molecule has 0 radical (unpaired) electrons. The van der Waals surface area contributed by atoms with Gasteiger partial charge in [0.2, 0.25) is 0 Å². The van der Waals surface area contributed by atoms with E-state index >= 15 is 0 Å². The summed E-state index contributed by atoms with van der Waals surface area (Å²) in [6.45, 7) is 21.7. The molecule has 0 spiro atoms. The Labute approximate surface area is 194 Å². The molecule has 0 aliphatic carbocycles.